The number of carboxylic acids is 1. The van der Waals surface area contributed by atoms with Crippen molar-refractivity contribution in [2.45, 2.75) is 71.0 Å². The number of aromatic carboxylic acids is 1. The average molecular weight is 308 g/mol. The van der Waals surface area contributed by atoms with Crippen LogP contribution < -0.4 is 4.74 Å². The molecule has 0 bridgehead atoms. The lowest BCUT2D eigenvalue weighted by Gasteiger charge is -2.13. The number of hydrogen-bond donors (Lipinski definition) is 2. The topological polar surface area (TPSA) is 66.8 Å². The number of benzene rings is 1. The van der Waals surface area contributed by atoms with Gasteiger partial charge in [0.1, 0.15) is 5.75 Å². The zero-order valence-corrected chi connectivity index (χ0v) is 13.5. The molecule has 1 rings (SSSR count). The lowest BCUT2D eigenvalue weighted by atomic mass is 10.1. The first-order chi connectivity index (χ1) is 10.6. The van der Waals surface area contributed by atoms with E-state index in [9.17, 15) is 9.90 Å². The van der Waals surface area contributed by atoms with E-state index in [0.717, 1.165) is 12.8 Å². The van der Waals surface area contributed by atoms with Gasteiger partial charge >= 0.3 is 5.97 Å². The second-order valence-electron chi connectivity index (χ2n) is 5.67. The van der Waals surface area contributed by atoms with E-state index in [-0.39, 0.29) is 5.56 Å². The highest BCUT2D eigenvalue weighted by Crippen LogP contribution is 2.16. The van der Waals surface area contributed by atoms with Gasteiger partial charge in [0.25, 0.3) is 0 Å². The minimum absolute atomic E-state index is 0.213. The van der Waals surface area contributed by atoms with Gasteiger partial charge in [-0.15, -0.1) is 0 Å². The monoisotopic (exact) mass is 308 g/mol. The van der Waals surface area contributed by atoms with Crippen molar-refractivity contribution < 1.29 is 19.7 Å². The molecule has 0 aliphatic heterocycles. The standard InChI is InChI=1S/C18H28O4/c1-2-3-4-5-6-7-8-9-10-17(19)22-16-13-11-15(12-14-16)18(20)21/h11-14,17,19H,2-10H2,1H3,(H,20,21). The smallest absolute Gasteiger partial charge is 0.335 e. The first-order valence-corrected chi connectivity index (χ1v) is 8.31. The van der Waals surface area contributed by atoms with E-state index in [1.807, 2.05) is 0 Å². The predicted octanol–water partition coefficient (Wildman–Crippen LogP) is 4.61. The Morgan fingerprint density at radius 1 is 1.00 bits per heavy atom. The molecule has 0 aromatic heterocycles. The van der Waals surface area contributed by atoms with Crippen molar-refractivity contribution in [3.63, 3.8) is 0 Å². The second kappa shape index (κ2) is 11.1. The lowest BCUT2D eigenvalue weighted by Crippen LogP contribution is -2.15. The number of unbranched alkanes of at least 4 members (excludes halogenated alkanes) is 7. The summed E-state index contributed by atoms with van der Waals surface area (Å²) in [6.07, 6.45) is 9.57. The van der Waals surface area contributed by atoms with Crippen LogP contribution in [0.3, 0.4) is 0 Å². The van der Waals surface area contributed by atoms with Gasteiger partial charge in [0.15, 0.2) is 6.29 Å². The van der Waals surface area contributed by atoms with E-state index in [0.29, 0.717) is 12.2 Å². The van der Waals surface area contributed by atoms with Gasteiger partial charge < -0.3 is 14.9 Å². The predicted molar refractivity (Wildman–Crippen MR) is 87.3 cm³/mol. The zero-order valence-electron chi connectivity index (χ0n) is 13.5. The van der Waals surface area contributed by atoms with E-state index in [1.54, 1.807) is 12.1 Å². The fourth-order valence-electron chi connectivity index (χ4n) is 2.34. The van der Waals surface area contributed by atoms with Crippen LogP contribution in [0.2, 0.25) is 0 Å². The van der Waals surface area contributed by atoms with Crippen LogP contribution in [0.15, 0.2) is 24.3 Å². The van der Waals surface area contributed by atoms with Crippen LogP contribution in [0.4, 0.5) is 0 Å². The Bertz CT molecular complexity index is 414. The van der Waals surface area contributed by atoms with E-state index in [1.165, 1.54) is 50.7 Å². The highest BCUT2D eigenvalue weighted by Gasteiger charge is 2.07. The summed E-state index contributed by atoms with van der Waals surface area (Å²) in [7, 11) is 0. The van der Waals surface area contributed by atoms with Crippen molar-refractivity contribution in [2.75, 3.05) is 0 Å². The summed E-state index contributed by atoms with van der Waals surface area (Å²) < 4.78 is 5.37. The van der Waals surface area contributed by atoms with Crippen LogP contribution in [0.5, 0.6) is 5.75 Å². The van der Waals surface area contributed by atoms with E-state index in [4.69, 9.17) is 9.84 Å². The highest BCUT2D eigenvalue weighted by molar-refractivity contribution is 5.87. The molecule has 0 aliphatic carbocycles. The molecule has 1 atom stereocenters. The first-order valence-electron chi connectivity index (χ1n) is 8.31. The highest BCUT2D eigenvalue weighted by atomic mass is 16.6. The minimum atomic E-state index is -0.967. The second-order valence-corrected chi connectivity index (χ2v) is 5.67. The summed E-state index contributed by atoms with van der Waals surface area (Å²) in [6, 6.07) is 6.09. The summed E-state index contributed by atoms with van der Waals surface area (Å²) in [4.78, 5) is 10.7. The third-order valence-corrected chi connectivity index (χ3v) is 3.68. The lowest BCUT2D eigenvalue weighted by molar-refractivity contribution is -0.0246. The number of ether oxygens (including phenoxy) is 1. The van der Waals surface area contributed by atoms with Gasteiger partial charge in [-0.25, -0.2) is 4.79 Å². The Kier molecular flexibility index (Phi) is 9.31. The number of aliphatic hydroxyl groups excluding tert-OH is 1. The van der Waals surface area contributed by atoms with Gasteiger partial charge in [0.2, 0.25) is 0 Å². The Morgan fingerprint density at radius 2 is 1.55 bits per heavy atom. The SMILES string of the molecule is CCCCCCCCCCC(O)Oc1ccc(C(=O)O)cc1. The van der Waals surface area contributed by atoms with Crippen LogP contribution in [0.1, 0.15) is 75.1 Å². The molecule has 0 saturated heterocycles. The van der Waals surface area contributed by atoms with Crippen molar-refractivity contribution in [3.8, 4) is 5.75 Å². The average Bonchev–Trinajstić information content (AvgIpc) is 2.50. The minimum Gasteiger partial charge on any atom is -0.478 e. The summed E-state index contributed by atoms with van der Waals surface area (Å²) >= 11 is 0. The number of hydrogen-bond acceptors (Lipinski definition) is 3. The normalized spacial score (nSPS) is 12.1. The van der Waals surface area contributed by atoms with Crippen molar-refractivity contribution >= 4 is 5.97 Å². The Morgan fingerprint density at radius 3 is 2.09 bits per heavy atom. The van der Waals surface area contributed by atoms with Crippen LogP contribution in [0.25, 0.3) is 0 Å². The molecule has 0 spiro atoms. The zero-order chi connectivity index (χ0) is 16.2. The van der Waals surface area contributed by atoms with Gasteiger partial charge in [-0.1, -0.05) is 51.9 Å². The van der Waals surface area contributed by atoms with Crippen molar-refractivity contribution in [1.82, 2.24) is 0 Å². The largest absolute Gasteiger partial charge is 0.478 e. The molecule has 0 aliphatic rings. The third kappa shape index (κ3) is 8.03. The summed E-state index contributed by atoms with van der Waals surface area (Å²) in [5.74, 6) is -0.469. The van der Waals surface area contributed by atoms with Gasteiger partial charge in [-0.05, 0) is 30.7 Å². The van der Waals surface area contributed by atoms with E-state index < -0.39 is 12.3 Å². The van der Waals surface area contributed by atoms with Crippen molar-refractivity contribution in [3.05, 3.63) is 29.8 Å². The maximum atomic E-state index is 10.7. The Labute approximate surface area is 133 Å². The molecule has 1 unspecified atom stereocenters. The molecular formula is C18H28O4. The van der Waals surface area contributed by atoms with Crippen LogP contribution >= 0.6 is 0 Å². The molecule has 22 heavy (non-hydrogen) atoms. The summed E-state index contributed by atoms with van der Waals surface area (Å²) in [6.45, 7) is 2.22. The summed E-state index contributed by atoms with van der Waals surface area (Å²) in [5.41, 5.74) is 0.213. The molecule has 4 nitrogen and oxygen atoms in total. The van der Waals surface area contributed by atoms with Crippen LogP contribution in [-0.4, -0.2) is 22.5 Å². The maximum absolute atomic E-state index is 10.7. The summed E-state index contributed by atoms with van der Waals surface area (Å²) in [5, 5.41) is 18.6. The van der Waals surface area contributed by atoms with E-state index in [2.05, 4.69) is 6.92 Å². The first kappa shape index (κ1) is 18.5. The van der Waals surface area contributed by atoms with Crippen molar-refractivity contribution in [1.29, 1.82) is 0 Å². The fraction of sp³-hybridized carbons (Fsp3) is 0.611. The molecule has 4 heteroatoms. The van der Waals surface area contributed by atoms with Gasteiger partial charge in [-0.2, -0.15) is 0 Å². The van der Waals surface area contributed by atoms with Crippen LogP contribution in [-0.2, 0) is 0 Å². The fourth-order valence-corrected chi connectivity index (χ4v) is 2.34. The van der Waals surface area contributed by atoms with Gasteiger partial charge in [0.05, 0.1) is 5.56 Å². The molecular weight excluding hydrogens is 280 g/mol. The maximum Gasteiger partial charge on any atom is 0.335 e. The van der Waals surface area contributed by atoms with Crippen molar-refractivity contribution in [2.24, 2.45) is 0 Å². The molecule has 0 amide bonds. The molecule has 1 aromatic rings. The number of rotatable bonds is 12. The molecule has 0 fully saturated rings. The number of carboxylic acid groups (broad SMARTS) is 1. The van der Waals surface area contributed by atoms with Gasteiger partial charge in [0, 0.05) is 6.42 Å². The third-order valence-electron chi connectivity index (χ3n) is 3.68. The van der Waals surface area contributed by atoms with Gasteiger partial charge in [-0.3, -0.25) is 0 Å². The number of aliphatic hydroxyl groups is 1. The van der Waals surface area contributed by atoms with Crippen LogP contribution in [0, 0.1) is 0 Å². The Hall–Kier alpha value is -1.55. The molecule has 0 radical (unpaired) electrons. The molecule has 0 saturated carbocycles. The molecule has 1 aromatic carbocycles. The molecule has 2 N–H and O–H groups in total. The molecule has 0 heterocycles. The number of carbonyl (C=O) groups is 1. The van der Waals surface area contributed by atoms with E-state index >= 15 is 0 Å². The molecule has 124 valence electrons. The Balaban J connectivity index is 2.10. The quantitative estimate of drug-likeness (QED) is 0.437.